The Balaban J connectivity index is 1.62. The lowest BCUT2D eigenvalue weighted by Crippen LogP contribution is -2.29. The van der Waals surface area contributed by atoms with Gasteiger partial charge in [-0.2, -0.15) is 0 Å². The minimum absolute atomic E-state index is 0.665. The molecule has 22 heavy (non-hydrogen) atoms. The van der Waals surface area contributed by atoms with Crippen molar-refractivity contribution in [2.24, 2.45) is 0 Å². The highest BCUT2D eigenvalue weighted by atomic mass is 79.9. The van der Waals surface area contributed by atoms with Crippen molar-refractivity contribution in [3.8, 4) is 0 Å². The highest BCUT2D eigenvalue weighted by molar-refractivity contribution is 9.10. The van der Waals surface area contributed by atoms with Crippen LogP contribution in [0, 0.1) is 6.92 Å². The number of rotatable bonds is 6. The zero-order valence-corrected chi connectivity index (χ0v) is 15.7. The Bertz CT molecular complexity index is 614. The predicted molar refractivity (Wildman–Crippen MR) is 105 cm³/mol. The van der Waals surface area contributed by atoms with Crippen LogP contribution in [-0.2, 0) is 0 Å². The van der Waals surface area contributed by atoms with E-state index in [1.807, 2.05) is 36.0 Å². The predicted octanol–water partition coefficient (Wildman–Crippen LogP) is 5.23. The molecule has 0 atom stereocenters. The lowest BCUT2D eigenvalue weighted by atomic mass is 10.2. The van der Waals surface area contributed by atoms with Crippen molar-refractivity contribution in [3.05, 3.63) is 58.6 Å². The molecule has 0 aliphatic carbocycles. The molecule has 0 aromatic heterocycles. The van der Waals surface area contributed by atoms with Crippen molar-refractivity contribution in [1.29, 1.82) is 0 Å². The molecule has 0 saturated carbocycles. The van der Waals surface area contributed by atoms with Crippen LogP contribution in [0.1, 0.15) is 12.0 Å². The molecule has 0 aliphatic heterocycles. The summed E-state index contributed by atoms with van der Waals surface area (Å²) in [6.07, 6.45) is 1.07. The molecule has 0 radical (unpaired) electrons. The number of anilines is 1. The highest BCUT2D eigenvalue weighted by Gasteiger charge is 1.98. The van der Waals surface area contributed by atoms with Gasteiger partial charge in [-0.1, -0.05) is 39.7 Å². The Hall–Kier alpha value is -1.04. The number of thioether (sulfide) groups is 1. The van der Waals surface area contributed by atoms with E-state index >= 15 is 0 Å². The molecular formula is C17H19BrN2S2. The molecule has 116 valence electrons. The van der Waals surface area contributed by atoms with Gasteiger partial charge in [0.05, 0.1) is 0 Å². The number of aryl methyl sites for hydroxylation is 1. The minimum atomic E-state index is 0.665. The summed E-state index contributed by atoms with van der Waals surface area (Å²) in [5, 5.41) is 7.08. The van der Waals surface area contributed by atoms with Gasteiger partial charge in [0.1, 0.15) is 0 Å². The van der Waals surface area contributed by atoms with Crippen molar-refractivity contribution in [3.63, 3.8) is 0 Å². The van der Waals surface area contributed by atoms with E-state index in [-0.39, 0.29) is 0 Å². The van der Waals surface area contributed by atoms with E-state index in [1.165, 1.54) is 10.5 Å². The first-order chi connectivity index (χ1) is 10.6. The van der Waals surface area contributed by atoms with Crippen LogP contribution in [0.15, 0.2) is 57.9 Å². The summed E-state index contributed by atoms with van der Waals surface area (Å²) in [5.41, 5.74) is 2.29. The summed E-state index contributed by atoms with van der Waals surface area (Å²) >= 11 is 10.6. The van der Waals surface area contributed by atoms with Crippen LogP contribution in [0.4, 0.5) is 5.69 Å². The standard InChI is InChI=1S/C17H19BrN2S2/c1-13-6-8-16(9-7-13)22-11-3-10-19-17(21)20-15-5-2-4-14(18)12-15/h2,4-9,12H,3,10-11H2,1H3,(H2,19,20,21). The topological polar surface area (TPSA) is 24.1 Å². The van der Waals surface area contributed by atoms with Crippen molar-refractivity contribution >= 4 is 50.7 Å². The molecule has 0 unspecified atom stereocenters. The summed E-state index contributed by atoms with van der Waals surface area (Å²) in [4.78, 5) is 1.32. The molecule has 5 heteroatoms. The van der Waals surface area contributed by atoms with E-state index in [9.17, 15) is 0 Å². The number of halogens is 1. The Kier molecular flexibility index (Phi) is 7.22. The molecule has 0 aliphatic rings. The Morgan fingerprint density at radius 2 is 1.95 bits per heavy atom. The normalized spacial score (nSPS) is 10.3. The first-order valence-corrected chi connectivity index (χ1v) is 9.32. The smallest absolute Gasteiger partial charge is 0.170 e. The van der Waals surface area contributed by atoms with Gasteiger partial charge in [0.2, 0.25) is 0 Å². The zero-order valence-electron chi connectivity index (χ0n) is 12.4. The Morgan fingerprint density at radius 1 is 1.18 bits per heavy atom. The van der Waals surface area contributed by atoms with E-state index in [2.05, 4.69) is 57.8 Å². The van der Waals surface area contributed by atoms with Gasteiger partial charge < -0.3 is 10.6 Å². The fourth-order valence-corrected chi connectivity index (χ4v) is 3.31. The van der Waals surface area contributed by atoms with Crippen LogP contribution in [-0.4, -0.2) is 17.4 Å². The molecule has 0 spiro atoms. The van der Waals surface area contributed by atoms with Crippen LogP contribution in [0.2, 0.25) is 0 Å². The average molecular weight is 395 g/mol. The molecule has 0 saturated heterocycles. The third-order valence-corrected chi connectivity index (χ3v) is 4.82. The van der Waals surface area contributed by atoms with Crippen LogP contribution >= 0.6 is 39.9 Å². The third-order valence-electron chi connectivity index (χ3n) is 2.98. The van der Waals surface area contributed by atoms with Crippen molar-refractivity contribution < 1.29 is 0 Å². The van der Waals surface area contributed by atoms with Gasteiger partial charge in [-0.05, 0) is 61.6 Å². The van der Waals surface area contributed by atoms with Gasteiger partial charge in [0, 0.05) is 21.6 Å². The second-order valence-electron chi connectivity index (χ2n) is 4.91. The fraction of sp³-hybridized carbons (Fsp3) is 0.235. The van der Waals surface area contributed by atoms with Crippen LogP contribution in [0.5, 0.6) is 0 Å². The maximum absolute atomic E-state index is 5.29. The van der Waals surface area contributed by atoms with E-state index in [0.29, 0.717) is 5.11 Å². The zero-order chi connectivity index (χ0) is 15.8. The molecular weight excluding hydrogens is 376 g/mol. The lowest BCUT2D eigenvalue weighted by Gasteiger charge is -2.10. The summed E-state index contributed by atoms with van der Waals surface area (Å²) in [7, 11) is 0. The molecule has 0 fully saturated rings. The SMILES string of the molecule is Cc1ccc(SCCCNC(=S)Nc2cccc(Br)c2)cc1. The van der Waals surface area contributed by atoms with Gasteiger partial charge >= 0.3 is 0 Å². The first-order valence-electron chi connectivity index (χ1n) is 7.13. The van der Waals surface area contributed by atoms with Gasteiger partial charge in [-0.25, -0.2) is 0 Å². The monoisotopic (exact) mass is 394 g/mol. The second-order valence-corrected chi connectivity index (χ2v) is 7.40. The summed E-state index contributed by atoms with van der Waals surface area (Å²) in [5.74, 6) is 1.08. The van der Waals surface area contributed by atoms with E-state index < -0.39 is 0 Å². The molecule has 0 amide bonds. The summed E-state index contributed by atoms with van der Waals surface area (Å²) in [6, 6.07) is 16.6. The third kappa shape index (κ3) is 6.38. The first kappa shape index (κ1) is 17.3. The van der Waals surface area contributed by atoms with E-state index in [1.54, 1.807) is 0 Å². The summed E-state index contributed by atoms with van der Waals surface area (Å²) in [6.45, 7) is 2.98. The molecule has 0 heterocycles. The Labute approximate surface area is 150 Å². The molecule has 2 N–H and O–H groups in total. The maximum Gasteiger partial charge on any atom is 0.170 e. The Morgan fingerprint density at radius 3 is 2.68 bits per heavy atom. The fourth-order valence-electron chi connectivity index (χ4n) is 1.84. The van der Waals surface area contributed by atoms with Gasteiger partial charge in [0.15, 0.2) is 5.11 Å². The maximum atomic E-state index is 5.29. The van der Waals surface area contributed by atoms with Crippen molar-refractivity contribution in [2.75, 3.05) is 17.6 Å². The van der Waals surface area contributed by atoms with Gasteiger partial charge in [0.25, 0.3) is 0 Å². The van der Waals surface area contributed by atoms with Crippen LogP contribution < -0.4 is 10.6 Å². The average Bonchev–Trinajstić information content (AvgIpc) is 2.49. The number of hydrogen-bond acceptors (Lipinski definition) is 2. The van der Waals surface area contributed by atoms with E-state index in [4.69, 9.17) is 12.2 Å². The van der Waals surface area contributed by atoms with Crippen LogP contribution in [0.3, 0.4) is 0 Å². The largest absolute Gasteiger partial charge is 0.362 e. The van der Waals surface area contributed by atoms with Crippen molar-refractivity contribution in [2.45, 2.75) is 18.2 Å². The highest BCUT2D eigenvalue weighted by Crippen LogP contribution is 2.19. The minimum Gasteiger partial charge on any atom is -0.362 e. The van der Waals surface area contributed by atoms with Crippen molar-refractivity contribution in [1.82, 2.24) is 5.32 Å². The second kappa shape index (κ2) is 9.18. The van der Waals surface area contributed by atoms with Gasteiger partial charge in [-0.3, -0.25) is 0 Å². The number of hydrogen-bond donors (Lipinski definition) is 2. The quantitative estimate of drug-likeness (QED) is 0.398. The number of benzene rings is 2. The molecule has 0 bridgehead atoms. The molecule has 2 rings (SSSR count). The molecule has 2 aromatic rings. The van der Waals surface area contributed by atoms with Gasteiger partial charge in [-0.15, -0.1) is 11.8 Å². The van der Waals surface area contributed by atoms with E-state index in [0.717, 1.165) is 28.9 Å². The lowest BCUT2D eigenvalue weighted by molar-refractivity contribution is 0.854. The number of thiocarbonyl (C=S) groups is 1. The molecule has 2 aromatic carbocycles. The van der Waals surface area contributed by atoms with Crippen LogP contribution in [0.25, 0.3) is 0 Å². The molecule has 2 nitrogen and oxygen atoms in total. The number of nitrogens with one attached hydrogen (secondary N) is 2. The summed E-state index contributed by atoms with van der Waals surface area (Å²) < 4.78 is 1.04.